The van der Waals surface area contributed by atoms with Crippen molar-refractivity contribution in [1.29, 1.82) is 0 Å². The van der Waals surface area contributed by atoms with Crippen LogP contribution in [0.25, 0.3) is 0 Å². The molecule has 2 aromatic rings. The molecule has 1 atom stereocenters. The molecule has 1 unspecified atom stereocenters. The van der Waals surface area contributed by atoms with Crippen molar-refractivity contribution in [2.75, 3.05) is 33.9 Å². The summed E-state index contributed by atoms with van der Waals surface area (Å²) in [5.74, 6) is 1.26. The first-order valence-corrected chi connectivity index (χ1v) is 8.12. The summed E-state index contributed by atoms with van der Waals surface area (Å²) in [5, 5.41) is 3.40. The molecule has 0 aliphatic carbocycles. The van der Waals surface area contributed by atoms with E-state index in [0.29, 0.717) is 0 Å². The van der Waals surface area contributed by atoms with Crippen LogP contribution < -0.4 is 14.8 Å². The summed E-state index contributed by atoms with van der Waals surface area (Å²) in [6, 6.07) is 13.0. The predicted octanol–water partition coefficient (Wildman–Crippen LogP) is 3.41. The zero-order valence-corrected chi connectivity index (χ0v) is 15.3. The molecular formula is C19H24ClFN2O2. The van der Waals surface area contributed by atoms with Gasteiger partial charge in [-0.2, -0.15) is 0 Å². The van der Waals surface area contributed by atoms with Gasteiger partial charge in [0.1, 0.15) is 5.82 Å². The first kappa shape index (κ1) is 19.5. The van der Waals surface area contributed by atoms with Crippen LogP contribution >= 0.6 is 12.4 Å². The lowest BCUT2D eigenvalue weighted by atomic mass is 10.0. The monoisotopic (exact) mass is 366 g/mol. The minimum Gasteiger partial charge on any atom is -0.493 e. The molecule has 1 heterocycles. The van der Waals surface area contributed by atoms with Gasteiger partial charge in [-0.05, 0) is 35.4 Å². The fourth-order valence-corrected chi connectivity index (χ4v) is 3.19. The van der Waals surface area contributed by atoms with Gasteiger partial charge >= 0.3 is 0 Å². The number of piperazine rings is 1. The molecular weight excluding hydrogens is 343 g/mol. The van der Waals surface area contributed by atoms with Crippen LogP contribution in [0.5, 0.6) is 11.5 Å². The molecule has 6 heteroatoms. The number of methoxy groups -OCH3 is 2. The molecule has 0 spiro atoms. The molecule has 1 saturated heterocycles. The van der Waals surface area contributed by atoms with Gasteiger partial charge in [-0.25, -0.2) is 4.39 Å². The van der Waals surface area contributed by atoms with E-state index in [1.807, 2.05) is 24.3 Å². The first-order valence-electron chi connectivity index (χ1n) is 8.12. The van der Waals surface area contributed by atoms with E-state index in [1.165, 1.54) is 6.07 Å². The van der Waals surface area contributed by atoms with E-state index in [0.717, 1.165) is 48.8 Å². The Morgan fingerprint density at radius 1 is 1.12 bits per heavy atom. The van der Waals surface area contributed by atoms with Gasteiger partial charge in [-0.1, -0.05) is 18.2 Å². The molecule has 2 aromatic carbocycles. The molecule has 0 saturated carbocycles. The first-order chi connectivity index (χ1) is 11.7. The lowest BCUT2D eigenvalue weighted by molar-refractivity contribution is 0.153. The summed E-state index contributed by atoms with van der Waals surface area (Å²) in [6.45, 7) is 3.44. The Morgan fingerprint density at radius 2 is 1.92 bits per heavy atom. The summed E-state index contributed by atoms with van der Waals surface area (Å²) < 4.78 is 24.3. The number of rotatable bonds is 5. The van der Waals surface area contributed by atoms with Gasteiger partial charge in [0.25, 0.3) is 0 Å². The molecule has 1 aliphatic rings. The number of nitrogens with one attached hydrogen (secondary N) is 1. The lowest BCUT2D eigenvalue weighted by Crippen LogP contribution is -2.45. The average Bonchev–Trinajstić information content (AvgIpc) is 2.62. The third kappa shape index (κ3) is 4.63. The number of ether oxygens (including phenoxy) is 2. The number of nitrogens with zero attached hydrogens (tertiary/aromatic N) is 1. The second kappa shape index (κ2) is 9.04. The van der Waals surface area contributed by atoms with E-state index in [9.17, 15) is 4.39 Å². The maximum absolute atomic E-state index is 13.6. The Bertz CT molecular complexity index is 699. The highest BCUT2D eigenvalue weighted by Gasteiger charge is 2.24. The second-order valence-electron chi connectivity index (χ2n) is 5.93. The van der Waals surface area contributed by atoms with Gasteiger partial charge in [0.05, 0.1) is 14.2 Å². The van der Waals surface area contributed by atoms with Crippen LogP contribution in [0.3, 0.4) is 0 Å². The molecule has 0 bridgehead atoms. The SMILES string of the molecule is COc1ccc(CN2CCNCC2c2cccc(F)c2)cc1OC.Cl. The minimum atomic E-state index is -0.191. The predicted molar refractivity (Wildman–Crippen MR) is 99.2 cm³/mol. The Balaban J connectivity index is 0.00000225. The van der Waals surface area contributed by atoms with Crippen LogP contribution in [-0.4, -0.2) is 38.8 Å². The van der Waals surface area contributed by atoms with Gasteiger partial charge < -0.3 is 14.8 Å². The van der Waals surface area contributed by atoms with E-state index >= 15 is 0 Å². The number of hydrogen-bond donors (Lipinski definition) is 1. The standard InChI is InChI=1S/C19H23FN2O2.ClH/c1-23-18-7-6-14(10-19(18)24-2)13-22-9-8-21-12-17(22)15-4-3-5-16(20)11-15;/h3-7,10-11,17,21H,8-9,12-13H2,1-2H3;1H. The van der Waals surface area contributed by atoms with Gasteiger partial charge in [-0.15, -0.1) is 12.4 Å². The Morgan fingerprint density at radius 3 is 2.64 bits per heavy atom. The van der Waals surface area contributed by atoms with E-state index in [-0.39, 0.29) is 24.3 Å². The lowest BCUT2D eigenvalue weighted by Gasteiger charge is -2.36. The van der Waals surface area contributed by atoms with Gasteiger partial charge in [0.2, 0.25) is 0 Å². The minimum absolute atomic E-state index is 0. The molecule has 1 N–H and O–H groups in total. The summed E-state index contributed by atoms with van der Waals surface area (Å²) in [4.78, 5) is 2.37. The highest BCUT2D eigenvalue weighted by atomic mass is 35.5. The van der Waals surface area contributed by atoms with Crippen molar-refractivity contribution in [1.82, 2.24) is 10.2 Å². The highest BCUT2D eigenvalue weighted by Crippen LogP contribution is 2.30. The van der Waals surface area contributed by atoms with E-state index < -0.39 is 0 Å². The van der Waals surface area contributed by atoms with Crippen molar-refractivity contribution < 1.29 is 13.9 Å². The van der Waals surface area contributed by atoms with Crippen LogP contribution in [0.4, 0.5) is 4.39 Å². The van der Waals surface area contributed by atoms with Gasteiger partial charge in [0, 0.05) is 32.2 Å². The van der Waals surface area contributed by atoms with E-state index in [2.05, 4.69) is 10.2 Å². The number of halogens is 2. The number of hydrogen-bond acceptors (Lipinski definition) is 4. The zero-order valence-electron chi connectivity index (χ0n) is 14.5. The molecule has 136 valence electrons. The van der Waals surface area contributed by atoms with Gasteiger partial charge in [0.15, 0.2) is 11.5 Å². The molecule has 1 aliphatic heterocycles. The fourth-order valence-electron chi connectivity index (χ4n) is 3.19. The van der Waals surface area contributed by atoms with E-state index in [1.54, 1.807) is 26.4 Å². The van der Waals surface area contributed by atoms with Crippen LogP contribution in [-0.2, 0) is 6.54 Å². The molecule has 1 fully saturated rings. The Hall–Kier alpha value is -1.82. The largest absolute Gasteiger partial charge is 0.493 e. The van der Waals surface area contributed by atoms with Gasteiger partial charge in [-0.3, -0.25) is 4.90 Å². The van der Waals surface area contributed by atoms with E-state index in [4.69, 9.17) is 9.47 Å². The van der Waals surface area contributed by atoms with Crippen molar-refractivity contribution in [3.8, 4) is 11.5 Å². The molecule has 4 nitrogen and oxygen atoms in total. The normalized spacial score (nSPS) is 17.6. The topological polar surface area (TPSA) is 33.7 Å². The summed E-state index contributed by atoms with van der Waals surface area (Å²) in [6.07, 6.45) is 0. The van der Waals surface area contributed by atoms with Crippen molar-refractivity contribution in [3.05, 3.63) is 59.4 Å². The van der Waals surface area contributed by atoms with Crippen LogP contribution in [0.2, 0.25) is 0 Å². The van der Waals surface area contributed by atoms with Crippen LogP contribution in [0.15, 0.2) is 42.5 Å². The van der Waals surface area contributed by atoms with Crippen molar-refractivity contribution in [2.24, 2.45) is 0 Å². The smallest absolute Gasteiger partial charge is 0.161 e. The fraction of sp³-hybridized carbons (Fsp3) is 0.368. The van der Waals surface area contributed by atoms with Crippen LogP contribution in [0, 0.1) is 5.82 Å². The third-order valence-electron chi connectivity index (χ3n) is 4.42. The Labute approximate surface area is 154 Å². The molecule has 0 radical (unpaired) electrons. The summed E-state index contributed by atoms with van der Waals surface area (Å²) in [7, 11) is 3.27. The molecule has 3 rings (SSSR count). The zero-order chi connectivity index (χ0) is 16.9. The molecule has 25 heavy (non-hydrogen) atoms. The third-order valence-corrected chi connectivity index (χ3v) is 4.42. The van der Waals surface area contributed by atoms with Crippen molar-refractivity contribution in [2.45, 2.75) is 12.6 Å². The van der Waals surface area contributed by atoms with Crippen molar-refractivity contribution >= 4 is 12.4 Å². The maximum Gasteiger partial charge on any atom is 0.161 e. The van der Waals surface area contributed by atoms with Crippen LogP contribution in [0.1, 0.15) is 17.2 Å². The molecule has 0 aromatic heterocycles. The number of benzene rings is 2. The second-order valence-corrected chi connectivity index (χ2v) is 5.93. The Kier molecular flexibility index (Phi) is 7.05. The highest BCUT2D eigenvalue weighted by molar-refractivity contribution is 5.85. The summed E-state index contributed by atoms with van der Waals surface area (Å²) >= 11 is 0. The molecule has 0 amide bonds. The average molecular weight is 367 g/mol. The maximum atomic E-state index is 13.6. The quantitative estimate of drug-likeness (QED) is 0.879. The summed E-state index contributed by atoms with van der Waals surface area (Å²) in [5.41, 5.74) is 2.15. The van der Waals surface area contributed by atoms with Crippen molar-refractivity contribution in [3.63, 3.8) is 0 Å².